The molecule has 1 rings (SSSR count). The zero-order valence-corrected chi connectivity index (χ0v) is 12.1. The van der Waals surface area contributed by atoms with Gasteiger partial charge in [0.15, 0.2) is 5.75 Å². The maximum atomic E-state index is 12.5. The normalized spacial score (nSPS) is 13.5. The SMILES string of the molecule is CCCNC(CCC(F)(F)F)c1c(OC)cnn1CC. The van der Waals surface area contributed by atoms with Gasteiger partial charge in [-0.05, 0) is 26.3 Å². The number of rotatable bonds is 8. The van der Waals surface area contributed by atoms with Crippen molar-refractivity contribution in [3.63, 3.8) is 0 Å². The van der Waals surface area contributed by atoms with Crippen LogP contribution in [0.5, 0.6) is 5.75 Å². The number of halogens is 3. The molecule has 0 saturated carbocycles. The number of nitrogens with zero attached hydrogens (tertiary/aromatic N) is 2. The highest BCUT2D eigenvalue weighted by Gasteiger charge is 2.30. The number of hydrogen-bond donors (Lipinski definition) is 1. The summed E-state index contributed by atoms with van der Waals surface area (Å²) >= 11 is 0. The molecule has 0 fully saturated rings. The molecule has 1 aromatic heterocycles. The van der Waals surface area contributed by atoms with Gasteiger partial charge in [-0.1, -0.05) is 6.92 Å². The summed E-state index contributed by atoms with van der Waals surface area (Å²) in [5.74, 6) is 0.530. The number of hydrogen-bond acceptors (Lipinski definition) is 3. The monoisotopic (exact) mass is 293 g/mol. The van der Waals surface area contributed by atoms with Gasteiger partial charge in [-0.25, -0.2) is 0 Å². The van der Waals surface area contributed by atoms with Crippen molar-refractivity contribution in [1.82, 2.24) is 15.1 Å². The fraction of sp³-hybridized carbons (Fsp3) is 0.769. The van der Waals surface area contributed by atoms with Crippen LogP contribution in [-0.2, 0) is 6.54 Å². The maximum absolute atomic E-state index is 12.5. The minimum absolute atomic E-state index is 0.0223. The van der Waals surface area contributed by atoms with E-state index in [-0.39, 0.29) is 6.42 Å². The van der Waals surface area contributed by atoms with Crippen LogP contribution in [0, 0.1) is 0 Å². The smallest absolute Gasteiger partial charge is 0.389 e. The number of ether oxygens (including phenoxy) is 1. The van der Waals surface area contributed by atoms with Crippen LogP contribution >= 0.6 is 0 Å². The van der Waals surface area contributed by atoms with Gasteiger partial charge in [0.2, 0.25) is 0 Å². The Morgan fingerprint density at radius 3 is 2.60 bits per heavy atom. The van der Waals surface area contributed by atoms with Gasteiger partial charge in [-0.3, -0.25) is 4.68 Å². The van der Waals surface area contributed by atoms with Crippen LogP contribution in [0.25, 0.3) is 0 Å². The lowest BCUT2D eigenvalue weighted by Crippen LogP contribution is -2.26. The molecule has 1 atom stereocenters. The molecule has 0 bridgehead atoms. The van der Waals surface area contributed by atoms with Gasteiger partial charge in [0.1, 0.15) is 0 Å². The summed E-state index contributed by atoms with van der Waals surface area (Å²) in [6.45, 7) is 5.12. The Morgan fingerprint density at radius 2 is 2.10 bits per heavy atom. The molecule has 4 nitrogen and oxygen atoms in total. The summed E-state index contributed by atoms with van der Waals surface area (Å²) in [6.07, 6.45) is -2.60. The predicted octanol–water partition coefficient (Wildman–Crippen LogP) is 3.29. The molecule has 0 aliphatic rings. The summed E-state index contributed by atoms with van der Waals surface area (Å²) < 4.78 is 44.3. The minimum atomic E-state index is -4.16. The third-order valence-corrected chi connectivity index (χ3v) is 3.05. The minimum Gasteiger partial charge on any atom is -0.493 e. The molecular formula is C13H22F3N3O. The first kappa shape index (κ1) is 16.8. The molecule has 0 aliphatic carbocycles. The Labute approximate surface area is 117 Å². The highest BCUT2D eigenvalue weighted by Crippen LogP contribution is 2.32. The van der Waals surface area contributed by atoms with Crippen LogP contribution < -0.4 is 10.1 Å². The maximum Gasteiger partial charge on any atom is 0.389 e. The van der Waals surface area contributed by atoms with Crippen molar-refractivity contribution in [2.75, 3.05) is 13.7 Å². The quantitative estimate of drug-likeness (QED) is 0.799. The summed E-state index contributed by atoms with van der Waals surface area (Å²) in [5, 5.41) is 7.30. The third-order valence-electron chi connectivity index (χ3n) is 3.05. The lowest BCUT2D eigenvalue weighted by molar-refractivity contribution is -0.136. The lowest BCUT2D eigenvalue weighted by Gasteiger charge is -2.21. The van der Waals surface area contributed by atoms with Gasteiger partial charge in [0.25, 0.3) is 0 Å². The van der Waals surface area contributed by atoms with E-state index in [9.17, 15) is 13.2 Å². The summed E-state index contributed by atoms with van der Waals surface area (Å²) in [5.41, 5.74) is 0.688. The molecule has 0 amide bonds. The number of methoxy groups -OCH3 is 1. The van der Waals surface area contributed by atoms with Gasteiger partial charge in [-0.2, -0.15) is 18.3 Å². The van der Waals surface area contributed by atoms with Crippen molar-refractivity contribution in [3.8, 4) is 5.75 Å². The van der Waals surface area contributed by atoms with Gasteiger partial charge >= 0.3 is 6.18 Å². The molecule has 0 saturated heterocycles. The topological polar surface area (TPSA) is 39.1 Å². The van der Waals surface area contributed by atoms with Crippen LogP contribution in [0.3, 0.4) is 0 Å². The summed E-state index contributed by atoms with van der Waals surface area (Å²) in [6, 6.07) is -0.408. The molecule has 20 heavy (non-hydrogen) atoms. The van der Waals surface area contributed by atoms with Crippen molar-refractivity contribution < 1.29 is 17.9 Å². The molecule has 1 unspecified atom stereocenters. The Balaban J connectivity index is 2.93. The van der Waals surface area contributed by atoms with Crippen molar-refractivity contribution in [2.45, 2.75) is 51.9 Å². The Morgan fingerprint density at radius 1 is 1.40 bits per heavy atom. The number of nitrogens with one attached hydrogen (secondary N) is 1. The largest absolute Gasteiger partial charge is 0.493 e. The van der Waals surface area contributed by atoms with E-state index in [0.717, 1.165) is 6.42 Å². The average molecular weight is 293 g/mol. The molecular weight excluding hydrogens is 271 g/mol. The molecule has 1 heterocycles. The number of aryl methyl sites for hydroxylation is 1. The fourth-order valence-corrected chi connectivity index (χ4v) is 2.10. The molecule has 1 aromatic rings. The van der Waals surface area contributed by atoms with E-state index >= 15 is 0 Å². The zero-order chi connectivity index (χ0) is 15.2. The van der Waals surface area contributed by atoms with Crippen LogP contribution in [-0.4, -0.2) is 29.6 Å². The van der Waals surface area contributed by atoms with Crippen LogP contribution in [0.2, 0.25) is 0 Å². The highest BCUT2D eigenvalue weighted by atomic mass is 19.4. The van der Waals surface area contributed by atoms with E-state index in [0.29, 0.717) is 24.5 Å². The third kappa shape index (κ3) is 4.70. The van der Waals surface area contributed by atoms with Crippen LogP contribution in [0.1, 0.15) is 44.8 Å². The predicted molar refractivity (Wildman–Crippen MR) is 70.8 cm³/mol. The van der Waals surface area contributed by atoms with Crippen LogP contribution in [0.4, 0.5) is 13.2 Å². The standard InChI is InChI=1S/C13H22F3N3O/c1-4-8-17-10(6-7-13(14,15)16)12-11(20-3)9-18-19(12)5-2/h9-10,17H,4-8H2,1-3H3. The second kappa shape index (κ2) is 7.52. The second-order valence-corrected chi connectivity index (χ2v) is 4.57. The van der Waals surface area contributed by atoms with E-state index in [1.54, 1.807) is 10.9 Å². The molecule has 0 aliphatic heterocycles. The average Bonchev–Trinajstić information content (AvgIpc) is 2.80. The molecule has 116 valence electrons. The number of alkyl halides is 3. The molecule has 1 N–H and O–H groups in total. The van der Waals surface area contributed by atoms with Crippen molar-refractivity contribution in [2.24, 2.45) is 0 Å². The Kier molecular flexibility index (Phi) is 6.32. The van der Waals surface area contributed by atoms with Gasteiger partial charge < -0.3 is 10.1 Å². The first-order valence-electron chi connectivity index (χ1n) is 6.82. The van der Waals surface area contributed by atoms with Crippen molar-refractivity contribution in [1.29, 1.82) is 0 Å². The van der Waals surface area contributed by atoms with Gasteiger partial charge in [0, 0.05) is 13.0 Å². The van der Waals surface area contributed by atoms with Crippen LogP contribution in [0.15, 0.2) is 6.20 Å². The van der Waals surface area contributed by atoms with Gasteiger partial charge in [0.05, 0.1) is 25.0 Å². The fourth-order valence-electron chi connectivity index (χ4n) is 2.10. The molecule has 7 heteroatoms. The van der Waals surface area contributed by atoms with E-state index in [4.69, 9.17) is 4.74 Å². The Bertz CT molecular complexity index is 383. The summed E-state index contributed by atoms with van der Waals surface area (Å²) in [4.78, 5) is 0. The lowest BCUT2D eigenvalue weighted by atomic mass is 10.1. The van der Waals surface area contributed by atoms with E-state index < -0.39 is 18.6 Å². The molecule has 0 radical (unpaired) electrons. The van der Waals surface area contributed by atoms with E-state index in [1.807, 2.05) is 13.8 Å². The van der Waals surface area contributed by atoms with Crippen molar-refractivity contribution in [3.05, 3.63) is 11.9 Å². The first-order valence-corrected chi connectivity index (χ1v) is 6.82. The number of aromatic nitrogens is 2. The second-order valence-electron chi connectivity index (χ2n) is 4.57. The molecule has 0 aromatic carbocycles. The first-order chi connectivity index (χ1) is 9.42. The van der Waals surface area contributed by atoms with Crippen molar-refractivity contribution >= 4 is 0 Å². The van der Waals surface area contributed by atoms with E-state index in [2.05, 4.69) is 10.4 Å². The summed E-state index contributed by atoms with van der Waals surface area (Å²) in [7, 11) is 1.50. The van der Waals surface area contributed by atoms with Gasteiger partial charge in [-0.15, -0.1) is 0 Å². The highest BCUT2D eigenvalue weighted by molar-refractivity contribution is 5.28. The molecule has 0 spiro atoms. The zero-order valence-electron chi connectivity index (χ0n) is 12.1. The van der Waals surface area contributed by atoms with E-state index in [1.165, 1.54) is 7.11 Å². The Hall–Kier alpha value is -1.24.